The van der Waals surface area contributed by atoms with Gasteiger partial charge in [-0.3, -0.25) is 4.90 Å². The van der Waals surface area contributed by atoms with E-state index in [0.717, 1.165) is 50.2 Å². The van der Waals surface area contributed by atoms with E-state index in [1.807, 2.05) is 30.3 Å². The van der Waals surface area contributed by atoms with Gasteiger partial charge in [-0.2, -0.15) is 0 Å². The summed E-state index contributed by atoms with van der Waals surface area (Å²) in [7, 11) is 0. The minimum atomic E-state index is -0.409. The van der Waals surface area contributed by atoms with Crippen LogP contribution in [0.2, 0.25) is 0 Å². The first-order valence-corrected chi connectivity index (χ1v) is 8.67. The number of hydrogen-bond donors (Lipinski definition) is 1. The van der Waals surface area contributed by atoms with Gasteiger partial charge in [0.15, 0.2) is 0 Å². The molecular formula is C19H24N2O2. The average Bonchev–Trinajstić information content (AvgIpc) is 3.04. The molecule has 1 N–H and O–H groups in total. The summed E-state index contributed by atoms with van der Waals surface area (Å²) in [6.07, 6.45) is 7.22. The van der Waals surface area contributed by atoms with E-state index < -0.39 is 5.60 Å². The molecule has 122 valence electrons. The van der Waals surface area contributed by atoms with Gasteiger partial charge in [-0.1, -0.05) is 31.0 Å². The highest BCUT2D eigenvalue weighted by Crippen LogP contribution is 2.40. The fraction of sp³-hybridized carbons (Fsp3) is 0.526. The highest BCUT2D eigenvalue weighted by atomic mass is 16.3. The lowest BCUT2D eigenvalue weighted by molar-refractivity contribution is -0.0969. The SMILES string of the molecule is OC12CCCCC1CN(Cc1coc(-c3ccccc3)n1)CC2. The molecule has 1 saturated carbocycles. The van der Waals surface area contributed by atoms with Gasteiger partial charge < -0.3 is 9.52 Å². The summed E-state index contributed by atoms with van der Waals surface area (Å²) >= 11 is 0. The van der Waals surface area contributed by atoms with Crippen molar-refractivity contribution in [2.45, 2.75) is 44.2 Å². The number of piperidine rings is 1. The molecule has 0 spiro atoms. The van der Waals surface area contributed by atoms with E-state index in [-0.39, 0.29) is 0 Å². The topological polar surface area (TPSA) is 49.5 Å². The Kier molecular flexibility index (Phi) is 3.95. The van der Waals surface area contributed by atoms with Crippen molar-refractivity contribution < 1.29 is 9.52 Å². The zero-order valence-corrected chi connectivity index (χ0v) is 13.4. The molecule has 2 heterocycles. The van der Waals surface area contributed by atoms with Gasteiger partial charge in [-0.05, 0) is 31.4 Å². The molecule has 2 unspecified atom stereocenters. The Labute approximate surface area is 137 Å². The van der Waals surface area contributed by atoms with Crippen molar-refractivity contribution >= 4 is 0 Å². The lowest BCUT2D eigenvalue weighted by Crippen LogP contribution is -2.52. The van der Waals surface area contributed by atoms with Crippen LogP contribution in [-0.4, -0.2) is 33.7 Å². The normalized spacial score (nSPS) is 28.5. The van der Waals surface area contributed by atoms with Crippen LogP contribution in [0, 0.1) is 5.92 Å². The van der Waals surface area contributed by atoms with E-state index in [0.29, 0.717) is 11.8 Å². The summed E-state index contributed by atoms with van der Waals surface area (Å²) in [5.74, 6) is 1.11. The van der Waals surface area contributed by atoms with Crippen LogP contribution in [0.5, 0.6) is 0 Å². The minimum Gasteiger partial charge on any atom is -0.444 e. The maximum Gasteiger partial charge on any atom is 0.226 e. The molecule has 4 heteroatoms. The quantitative estimate of drug-likeness (QED) is 0.943. The van der Waals surface area contributed by atoms with Crippen LogP contribution in [0.25, 0.3) is 11.5 Å². The molecule has 2 aliphatic rings. The maximum atomic E-state index is 10.8. The van der Waals surface area contributed by atoms with Gasteiger partial charge in [0.25, 0.3) is 0 Å². The fourth-order valence-electron chi connectivity index (χ4n) is 4.11. The number of nitrogens with zero attached hydrogens (tertiary/aromatic N) is 2. The van der Waals surface area contributed by atoms with Crippen LogP contribution in [0.1, 0.15) is 37.8 Å². The van der Waals surface area contributed by atoms with Crippen molar-refractivity contribution in [2.24, 2.45) is 5.92 Å². The summed E-state index contributed by atoms with van der Waals surface area (Å²) in [5, 5.41) is 10.8. The number of rotatable bonds is 3. The summed E-state index contributed by atoms with van der Waals surface area (Å²) in [6.45, 7) is 2.73. The number of hydrogen-bond acceptors (Lipinski definition) is 4. The van der Waals surface area contributed by atoms with Crippen molar-refractivity contribution in [3.8, 4) is 11.5 Å². The Balaban J connectivity index is 1.42. The van der Waals surface area contributed by atoms with E-state index >= 15 is 0 Å². The second kappa shape index (κ2) is 6.10. The van der Waals surface area contributed by atoms with Crippen molar-refractivity contribution in [1.82, 2.24) is 9.88 Å². The molecule has 1 aliphatic carbocycles. The minimum absolute atomic E-state index is 0.409. The summed E-state index contributed by atoms with van der Waals surface area (Å²) in [4.78, 5) is 7.04. The van der Waals surface area contributed by atoms with Crippen molar-refractivity contribution in [3.63, 3.8) is 0 Å². The molecule has 2 fully saturated rings. The molecule has 4 rings (SSSR count). The molecule has 0 amide bonds. The first-order valence-electron chi connectivity index (χ1n) is 8.67. The number of aliphatic hydroxyl groups is 1. The molecule has 1 aliphatic heterocycles. The number of benzene rings is 1. The van der Waals surface area contributed by atoms with E-state index in [2.05, 4.69) is 9.88 Å². The molecule has 0 bridgehead atoms. The molecule has 1 aromatic heterocycles. The van der Waals surface area contributed by atoms with Crippen LogP contribution in [0.4, 0.5) is 0 Å². The van der Waals surface area contributed by atoms with Crippen molar-refractivity contribution in [2.75, 3.05) is 13.1 Å². The third-order valence-corrected chi connectivity index (χ3v) is 5.47. The number of aromatic nitrogens is 1. The predicted octanol–water partition coefficient (Wildman–Crippen LogP) is 3.47. The number of likely N-dealkylation sites (tertiary alicyclic amines) is 1. The molecule has 1 saturated heterocycles. The fourth-order valence-corrected chi connectivity index (χ4v) is 4.11. The summed E-state index contributed by atoms with van der Waals surface area (Å²) in [6, 6.07) is 10.0. The van der Waals surface area contributed by atoms with Crippen LogP contribution >= 0.6 is 0 Å². The number of oxazole rings is 1. The van der Waals surface area contributed by atoms with Crippen LogP contribution < -0.4 is 0 Å². The summed E-state index contributed by atoms with van der Waals surface area (Å²) < 4.78 is 5.63. The van der Waals surface area contributed by atoms with Gasteiger partial charge in [-0.25, -0.2) is 4.98 Å². The third kappa shape index (κ3) is 3.06. The third-order valence-electron chi connectivity index (χ3n) is 5.47. The average molecular weight is 312 g/mol. The monoisotopic (exact) mass is 312 g/mol. The molecule has 2 aromatic rings. The van der Waals surface area contributed by atoms with Crippen molar-refractivity contribution in [1.29, 1.82) is 0 Å². The van der Waals surface area contributed by atoms with E-state index in [1.165, 1.54) is 12.8 Å². The second-order valence-corrected chi connectivity index (χ2v) is 7.04. The second-order valence-electron chi connectivity index (χ2n) is 7.04. The van der Waals surface area contributed by atoms with Gasteiger partial charge in [0.05, 0.1) is 11.3 Å². The zero-order valence-electron chi connectivity index (χ0n) is 13.4. The molecule has 4 nitrogen and oxygen atoms in total. The lowest BCUT2D eigenvalue weighted by atomic mass is 9.71. The Morgan fingerprint density at radius 2 is 2.09 bits per heavy atom. The predicted molar refractivity (Wildman–Crippen MR) is 88.7 cm³/mol. The molecular weight excluding hydrogens is 288 g/mol. The van der Waals surface area contributed by atoms with Gasteiger partial charge in [0.2, 0.25) is 5.89 Å². The Morgan fingerprint density at radius 3 is 2.96 bits per heavy atom. The molecule has 1 aromatic carbocycles. The first-order chi connectivity index (χ1) is 11.2. The van der Waals surface area contributed by atoms with E-state index in [4.69, 9.17) is 4.42 Å². The Hall–Kier alpha value is -1.65. The van der Waals surface area contributed by atoms with Gasteiger partial charge >= 0.3 is 0 Å². The lowest BCUT2D eigenvalue weighted by Gasteiger charge is -2.47. The highest BCUT2D eigenvalue weighted by Gasteiger charge is 2.42. The zero-order chi connectivity index (χ0) is 15.7. The Morgan fingerprint density at radius 1 is 1.22 bits per heavy atom. The van der Waals surface area contributed by atoms with Crippen molar-refractivity contribution in [3.05, 3.63) is 42.3 Å². The Bertz CT molecular complexity index is 654. The smallest absolute Gasteiger partial charge is 0.226 e. The van der Waals surface area contributed by atoms with E-state index in [1.54, 1.807) is 6.26 Å². The largest absolute Gasteiger partial charge is 0.444 e. The maximum absolute atomic E-state index is 10.8. The van der Waals surface area contributed by atoms with E-state index in [9.17, 15) is 5.11 Å². The van der Waals surface area contributed by atoms with Gasteiger partial charge in [-0.15, -0.1) is 0 Å². The standard InChI is InChI=1S/C19H24N2O2/c22-19-9-5-4-8-16(19)12-21(11-10-19)13-17-14-23-18(20-17)15-6-2-1-3-7-15/h1-3,6-7,14,16,22H,4-5,8-13H2. The molecule has 23 heavy (non-hydrogen) atoms. The van der Waals surface area contributed by atoms with Crippen LogP contribution in [-0.2, 0) is 6.54 Å². The molecule has 0 radical (unpaired) electrons. The van der Waals surface area contributed by atoms with Gasteiger partial charge in [0.1, 0.15) is 6.26 Å². The number of fused-ring (bicyclic) bond motifs is 1. The van der Waals surface area contributed by atoms with Crippen LogP contribution in [0.15, 0.2) is 41.0 Å². The molecule has 2 atom stereocenters. The first kappa shape index (κ1) is 14.9. The highest BCUT2D eigenvalue weighted by molar-refractivity contribution is 5.52. The van der Waals surface area contributed by atoms with Gasteiger partial charge in [0, 0.05) is 31.1 Å². The van der Waals surface area contributed by atoms with Crippen LogP contribution in [0.3, 0.4) is 0 Å². The summed E-state index contributed by atoms with van der Waals surface area (Å²) in [5.41, 5.74) is 1.58.